The molecular formula is C24H26N2O6. The first kappa shape index (κ1) is 22.9. The zero-order valence-electron chi connectivity index (χ0n) is 18.3. The summed E-state index contributed by atoms with van der Waals surface area (Å²) < 4.78 is 15.9. The second-order valence-electron chi connectivity index (χ2n) is 7.25. The van der Waals surface area contributed by atoms with Crippen LogP contribution in [0.5, 0.6) is 5.75 Å². The standard InChI is InChI=1S/C24H26N2O6/c1-4-30-23(28)21-19(25-24(29)26-22(21)17-8-6-5-7-9-17)13-32-20(27)14-31-18-11-10-15(2)16(3)12-18/h5-12,22H,4,13-14H2,1-3H3,(H2,25,26,29). The molecule has 168 valence electrons. The van der Waals surface area contributed by atoms with Crippen LogP contribution in [-0.2, 0) is 19.1 Å². The van der Waals surface area contributed by atoms with Crippen LogP contribution in [0.2, 0.25) is 0 Å². The molecule has 0 saturated heterocycles. The summed E-state index contributed by atoms with van der Waals surface area (Å²) in [6.07, 6.45) is 0. The SMILES string of the molecule is CCOC(=O)C1=C(COC(=O)COc2ccc(C)c(C)c2)NC(=O)NC1c1ccccc1. The maximum Gasteiger partial charge on any atom is 0.344 e. The Bertz CT molecular complexity index is 1030. The van der Waals surface area contributed by atoms with E-state index in [1.54, 1.807) is 37.3 Å². The number of nitrogens with one attached hydrogen (secondary N) is 2. The Kier molecular flexibility index (Phi) is 7.49. The molecule has 0 spiro atoms. The van der Waals surface area contributed by atoms with Crippen LogP contribution in [0.4, 0.5) is 4.79 Å². The average Bonchev–Trinajstić information content (AvgIpc) is 2.78. The van der Waals surface area contributed by atoms with Gasteiger partial charge in [0.2, 0.25) is 0 Å². The first-order valence-corrected chi connectivity index (χ1v) is 10.3. The third-order valence-corrected chi connectivity index (χ3v) is 4.99. The molecule has 1 atom stereocenters. The van der Waals surface area contributed by atoms with Gasteiger partial charge < -0.3 is 24.8 Å². The van der Waals surface area contributed by atoms with Crippen LogP contribution in [0, 0.1) is 13.8 Å². The molecule has 8 nitrogen and oxygen atoms in total. The molecule has 0 fully saturated rings. The summed E-state index contributed by atoms with van der Waals surface area (Å²) in [6, 6.07) is 13.3. The lowest BCUT2D eigenvalue weighted by molar-refractivity contribution is -0.145. The van der Waals surface area contributed by atoms with E-state index < -0.39 is 24.0 Å². The van der Waals surface area contributed by atoms with Gasteiger partial charge in [-0.25, -0.2) is 14.4 Å². The molecule has 0 saturated carbocycles. The van der Waals surface area contributed by atoms with E-state index in [1.807, 2.05) is 32.0 Å². The molecule has 1 aliphatic rings. The van der Waals surface area contributed by atoms with Crippen LogP contribution in [0.1, 0.15) is 29.7 Å². The van der Waals surface area contributed by atoms with Gasteiger partial charge in [0.05, 0.1) is 23.9 Å². The number of aryl methyl sites for hydroxylation is 2. The van der Waals surface area contributed by atoms with Crippen molar-refractivity contribution >= 4 is 18.0 Å². The summed E-state index contributed by atoms with van der Waals surface area (Å²) in [7, 11) is 0. The van der Waals surface area contributed by atoms with E-state index in [0.29, 0.717) is 11.3 Å². The highest BCUT2D eigenvalue weighted by atomic mass is 16.6. The van der Waals surface area contributed by atoms with E-state index in [2.05, 4.69) is 10.6 Å². The molecule has 0 radical (unpaired) electrons. The van der Waals surface area contributed by atoms with Gasteiger partial charge >= 0.3 is 18.0 Å². The van der Waals surface area contributed by atoms with E-state index >= 15 is 0 Å². The number of carbonyl (C=O) groups is 3. The Morgan fingerprint density at radius 2 is 1.75 bits per heavy atom. The summed E-state index contributed by atoms with van der Waals surface area (Å²) in [5.41, 5.74) is 3.21. The van der Waals surface area contributed by atoms with E-state index in [-0.39, 0.29) is 31.1 Å². The molecule has 2 aromatic rings. The number of urea groups is 1. The van der Waals surface area contributed by atoms with Crippen LogP contribution < -0.4 is 15.4 Å². The highest BCUT2D eigenvalue weighted by molar-refractivity contribution is 5.95. The number of rotatable bonds is 8. The number of carbonyl (C=O) groups excluding carboxylic acids is 3. The van der Waals surface area contributed by atoms with Gasteiger partial charge in [-0.05, 0) is 49.6 Å². The predicted octanol–water partition coefficient (Wildman–Crippen LogP) is 3.10. The third-order valence-electron chi connectivity index (χ3n) is 4.99. The molecule has 2 amide bonds. The highest BCUT2D eigenvalue weighted by Gasteiger charge is 2.34. The Balaban J connectivity index is 1.74. The molecule has 8 heteroatoms. The quantitative estimate of drug-likeness (QED) is 0.614. The highest BCUT2D eigenvalue weighted by Crippen LogP contribution is 2.27. The summed E-state index contributed by atoms with van der Waals surface area (Å²) in [5, 5.41) is 5.28. The van der Waals surface area contributed by atoms with E-state index in [9.17, 15) is 14.4 Å². The predicted molar refractivity (Wildman–Crippen MR) is 117 cm³/mol. The summed E-state index contributed by atoms with van der Waals surface area (Å²) >= 11 is 0. The molecule has 0 bridgehead atoms. The number of esters is 2. The van der Waals surface area contributed by atoms with Gasteiger partial charge in [0.25, 0.3) is 0 Å². The Morgan fingerprint density at radius 1 is 1.00 bits per heavy atom. The lowest BCUT2D eigenvalue weighted by Crippen LogP contribution is -2.47. The minimum atomic E-state index is -0.732. The van der Waals surface area contributed by atoms with Gasteiger partial charge in [0.15, 0.2) is 6.61 Å². The van der Waals surface area contributed by atoms with E-state index in [1.165, 1.54) is 0 Å². The van der Waals surface area contributed by atoms with Crippen LogP contribution >= 0.6 is 0 Å². The Hall–Kier alpha value is -3.81. The Morgan fingerprint density at radius 3 is 2.44 bits per heavy atom. The van der Waals surface area contributed by atoms with Gasteiger partial charge in [-0.2, -0.15) is 0 Å². The molecule has 2 aromatic carbocycles. The molecule has 1 heterocycles. The van der Waals surface area contributed by atoms with Gasteiger partial charge in [0, 0.05) is 0 Å². The minimum absolute atomic E-state index is 0.161. The lowest BCUT2D eigenvalue weighted by Gasteiger charge is -2.29. The van der Waals surface area contributed by atoms with Crippen molar-refractivity contribution in [2.24, 2.45) is 0 Å². The fourth-order valence-electron chi connectivity index (χ4n) is 3.22. The monoisotopic (exact) mass is 438 g/mol. The summed E-state index contributed by atoms with van der Waals surface area (Å²) in [4.78, 5) is 37.1. The lowest BCUT2D eigenvalue weighted by atomic mass is 9.95. The van der Waals surface area contributed by atoms with Crippen LogP contribution in [0.3, 0.4) is 0 Å². The average molecular weight is 438 g/mol. The normalized spacial score (nSPS) is 15.5. The fraction of sp³-hybridized carbons (Fsp3) is 0.292. The van der Waals surface area contributed by atoms with E-state index in [4.69, 9.17) is 14.2 Å². The fourth-order valence-corrected chi connectivity index (χ4v) is 3.22. The Labute approximate surface area is 186 Å². The van der Waals surface area contributed by atoms with Crippen molar-refractivity contribution in [1.29, 1.82) is 0 Å². The van der Waals surface area contributed by atoms with Crippen molar-refractivity contribution in [3.05, 3.63) is 76.5 Å². The van der Waals surface area contributed by atoms with Gasteiger partial charge in [-0.3, -0.25) is 0 Å². The third kappa shape index (κ3) is 5.66. The maximum absolute atomic E-state index is 12.7. The first-order valence-electron chi connectivity index (χ1n) is 10.3. The first-order chi connectivity index (χ1) is 15.4. The summed E-state index contributed by atoms with van der Waals surface area (Å²) in [6.45, 7) is 5.17. The van der Waals surface area contributed by atoms with Gasteiger partial charge in [-0.1, -0.05) is 36.4 Å². The zero-order valence-corrected chi connectivity index (χ0v) is 18.3. The van der Waals surface area contributed by atoms with Crippen molar-refractivity contribution in [3.8, 4) is 5.75 Å². The molecule has 2 N–H and O–H groups in total. The minimum Gasteiger partial charge on any atom is -0.482 e. The zero-order chi connectivity index (χ0) is 23.1. The second kappa shape index (κ2) is 10.5. The molecular weight excluding hydrogens is 412 g/mol. The largest absolute Gasteiger partial charge is 0.482 e. The molecule has 1 aliphatic heterocycles. The molecule has 0 aromatic heterocycles. The number of amides is 2. The van der Waals surface area contributed by atoms with Crippen LogP contribution in [-0.4, -0.2) is 37.8 Å². The summed E-state index contributed by atoms with van der Waals surface area (Å²) in [5.74, 6) is -0.690. The number of benzene rings is 2. The van der Waals surface area contributed by atoms with Gasteiger partial charge in [0.1, 0.15) is 12.4 Å². The number of ether oxygens (including phenoxy) is 3. The molecule has 32 heavy (non-hydrogen) atoms. The van der Waals surface area contributed by atoms with Crippen LogP contribution in [0.25, 0.3) is 0 Å². The molecule has 3 rings (SSSR count). The topological polar surface area (TPSA) is 103 Å². The van der Waals surface area contributed by atoms with Crippen LogP contribution in [0.15, 0.2) is 59.8 Å². The smallest absolute Gasteiger partial charge is 0.344 e. The second-order valence-corrected chi connectivity index (χ2v) is 7.25. The molecule has 0 aliphatic carbocycles. The number of hydrogen-bond donors (Lipinski definition) is 2. The maximum atomic E-state index is 12.7. The molecule has 1 unspecified atom stereocenters. The van der Waals surface area contributed by atoms with Crippen molar-refractivity contribution in [2.75, 3.05) is 19.8 Å². The van der Waals surface area contributed by atoms with Crippen molar-refractivity contribution < 1.29 is 28.6 Å². The van der Waals surface area contributed by atoms with Crippen molar-refractivity contribution in [2.45, 2.75) is 26.8 Å². The van der Waals surface area contributed by atoms with Crippen molar-refractivity contribution in [1.82, 2.24) is 10.6 Å². The number of hydrogen-bond acceptors (Lipinski definition) is 6. The van der Waals surface area contributed by atoms with E-state index in [0.717, 1.165) is 11.1 Å². The van der Waals surface area contributed by atoms with Crippen molar-refractivity contribution in [3.63, 3.8) is 0 Å². The van der Waals surface area contributed by atoms with Gasteiger partial charge in [-0.15, -0.1) is 0 Å².